The van der Waals surface area contributed by atoms with Crippen LogP contribution in [0.5, 0.6) is 0 Å². The molecule has 1 aromatic heterocycles. The summed E-state index contributed by atoms with van der Waals surface area (Å²) in [5.41, 5.74) is 4.32. The Morgan fingerprint density at radius 2 is 1.43 bits per heavy atom. The lowest BCUT2D eigenvalue weighted by molar-refractivity contribution is 1.15. The molecule has 0 N–H and O–H groups in total. The molecule has 2 aromatic carbocycles. The minimum absolute atomic E-state index is 0.413. The Kier molecular flexibility index (Phi) is 4.23. The van der Waals surface area contributed by atoms with Crippen molar-refractivity contribution in [2.24, 2.45) is 0 Å². The molecule has 0 saturated heterocycles. The van der Waals surface area contributed by atoms with Crippen LogP contribution in [0.1, 0.15) is 11.1 Å². The molecule has 21 heavy (non-hydrogen) atoms. The summed E-state index contributed by atoms with van der Waals surface area (Å²) in [7, 11) is 0. The Morgan fingerprint density at radius 3 is 2.10 bits per heavy atom. The van der Waals surface area contributed by atoms with E-state index >= 15 is 0 Å². The van der Waals surface area contributed by atoms with Gasteiger partial charge in [0, 0.05) is 12.0 Å². The van der Waals surface area contributed by atoms with Gasteiger partial charge in [0.05, 0.1) is 0 Å². The van der Waals surface area contributed by atoms with E-state index in [4.69, 9.17) is 23.2 Å². The molecular weight excluding hydrogens is 301 g/mol. The van der Waals surface area contributed by atoms with Gasteiger partial charge >= 0.3 is 0 Å². The van der Waals surface area contributed by atoms with Crippen LogP contribution in [0.2, 0.25) is 10.3 Å². The van der Waals surface area contributed by atoms with Gasteiger partial charge in [0.1, 0.15) is 10.3 Å². The van der Waals surface area contributed by atoms with Crippen LogP contribution < -0.4 is 0 Å². The molecule has 104 valence electrons. The van der Waals surface area contributed by atoms with Crippen LogP contribution in [0.25, 0.3) is 11.1 Å². The minimum atomic E-state index is 0.413. The van der Waals surface area contributed by atoms with Crippen LogP contribution in [0, 0.1) is 0 Å². The molecule has 1 nitrogen and oxygen atoms in total. The molecule has 0 unspecified atom stereocenters. The maximum absolute atomic E-state index is 6.34. The number of nitrogens with zero attached hydrogens (tertiary/aromatic N) is 1. The number of halogens is 2. The van der Waals surface area contributed by atoms with Crippen LogP contribution >= 0.6 is 23.2 Å². The van der Waals surface area contributed by atoms with Crippen molar-refractivity contribution in [3.05, 3.63) is 88.2 Å². The topological polar surface area (TPSA) is 12.9 Å². The van der Waals surface area contributed by atoms with E-state index in [9.17, 15) is 0 Å². The summed E-state index contributed by atoms with van der Waals surface area (Å²) >= 11 is 12.4. The summed E-state index contributed by atoms with van der Waals surface area (Å²) < 4.78 is 0. The SMILES string of the molecule is Clc1cc(-c2ccccc2)c(Cc2ccccc2)c(Cl)n1. The van der Waals surface area contributed by atoms with Gasteiger partial charge in [-0.2, -0.15) is 0 Å². The van der Waals surface area contributed by atoms with E-state index in [1.54, 1.807) is 0 Å². The van der Waals surface area contributed by atoms with Crippen molar-refractivity contribution in [3.8, 4) is 11.1 Å². The van der Waals surface area contributed by atoms with E-state index in [-0.39, 0.29) is 0 Å². The molecule has 3 heteroatoms. The predicted molar refractivity (Wildman–Crippen MR) is 88.9 cm³/mol. The van der Waals surface area contributed by atoms with E-state index in [1.807, 2.05) is 42.5 Å². The van der Waals surface area contributed by atoms with Gasteiger partial charge in [0.25, 0.3) is 0 Å². The largest absolute Gasteiger partial charge is 0.224 e. The third-order valence-electron chi connectivity index (χ3n) is 3.35. The number of aromatic nitrogens is 1. The van der Waals surface area contributed by atoms with Crippen molar-refractivity contribution in [1.82, 2.24) is 4.98 Å². The zero-order chi connectivity index (χ0) is 14.7. The first-order valence-electron chi connectivity index (χ1n) is 6.68. The number of pyridine rings is 1. The summed E-state index contributed by atoms with van der Waals surface area (Å²) in [4.78, 5) is 4.19. The fraction of sp³-hybridized carbons (Fsp3) is 0.0556. The van der Waals surface area contributed by atoms with Crippen molar-refractivity contribution in [2.75, 3.05) is 0 Å². The zero-order valence-electron chi connectivity index (χ0n) is 11.3. The van der Waals surface area contributed by atoms with E-state index in [1.165, 1.54) is 5.56 Å². The number of hydrogen-bond donors (Lipinski definition) is 0. The summed E-state index contributed by atoms with van der Waals surface area (Å²) in [5.74, 6) is 0. The third-order valence-corrected chi connectivity index (χ3v) is 3.86. The van der Waals surface area contributed by atoms with Gasteiger partial charge in [0.2, 0.25) is 0 Å². The first-order valence-corrected chi connectivity index (χ1v) is 7.44. The van der Waals surface area contributed by atoms with Crippen LogP contribution in [-0.2, 0) is 6.42 Å². The lowest BCUT2D eigenvalue weighted by Gasteiger charge is -2.12. The molecule has 3 rings (SSSR count). The minimum Gasteiger partial charge on any atom is -0.224 e. The Hall–Kier alpha value is -1.83. The number of benzene rings is 2. The van der Waals surface area contributed by atoms with Gasteiger partial charge in [-0.15, -0.1) is 0 Å². The smallest absolute Gasteiger partial charge is 0.134 e. The average Bonchev–Trinajstić information content (AvgIpc) is 2.51. The van der Waals surface area contributed by atoms with Crippen molar-refractivity contribution >= 4 is 23.2 Å². The first kappa shape index (κ1) is 14.1. The normalized spacial score (nSPS) is 10.6. The van der Waals surface area contributed by atoms with Crippen molar-refractivity contribution in [1.29, 1.82) is 0 Å². The molecule has 0 aliphatic rings. The van der Waals surface area contributed by atoms with Gasteiger partial charge in [-0.3, -0.25) is 0 Å². The second kappa shape index (κ2) is 6.30. The van der Waals surface area contributed by atoms with E-state index in [2.05, 4.69) is 29.2 Å². The van der Waals surface area contributed by atoms with Crippen LogP contribution in [0.15, 0.2) is 66.7 Å². The van der Waals surface area contributed by atoms with Crippen molar-refractivity contribution in [3.63, 3.8) is 0 Å². The van der Waals surface area contributed by atoms with Gasteiger partial charge in [-0.25, -0.2) is 4.98 Å². The first-order chi connectivity index (χ1) is 10.2. The van der Waals surface area contributed by atoms with Gasteiger partial charge in [0.15, 0.2) is 0 Å². The van der Waals surface area contributed by atoms with Crippen LogP contribution in [0.3, 0.4) is 0 Å². The molecule has 1 heterocycles. The molecule has 0 bridgehead atoms. The molecule has 0 amide bonds. The summed E-state index contributed by atoms with van der Waals surface area (Å²) in [5, 5.41) is 0.876. The summed E-state index contributed by atoms with van der Waals surface area (Å²) in [6.07, 6.45) is 0.730. The molecule has 0 fully saturated rings. The van der Waals surface area contributed by atoms with E-state index < -0.39 is 0 Å². The Morgan fingerprint density at radius 1 is 0.810 bits per heavy atom. The standard InChI is InChI=1S/C18H13Cl2N/c19-17-12-15(14-9-5-2-6-10-14)16(18(20)21-17)11-13-7-3-1-4-8-13/h1-10,12H,11H2. The Balaban J connectivity index is 2.11. The Bertz CT molecular complexity index is 740. The molecule has 0 aliphatic carbocycles. The van der Waals surface area contributed by atoms with Crippen molar-refractivity contribution in [2.45, 2.75) is 6.42 Å². The van der Waals surface area contributed by atoms with Crippen LogP contribution in [0.4, 0.5) is 0 Å². The highest BCUT2D eigenvalue weighted by atomic mass is 35.5. The Labute approximate surface area is 134 Å². The quantitative estimate of drug-likeness (QED) is 0.570. The molecule has 3 aromatic rings. The third kappa shape index (κ3) is 3.26. The molecule has 0 atom stereocenters. The lowest BCUT2D eigenvalue weighted by atomic mass is 9.97. The summed E-state index contributed by atoms with van der Waals surface area (Å²) in [6, 6.07) is 22.2. The molecular formula is C18H13Cl2N. The van der Waals surface area contributed by atoms with Gasteiger partial charge < -0.3 is 0 Å². The maximum atomic E-state index is 6.34. The van der Waals surface area contributed by atoms with Crippen LogP contribution in [-0.4, -0.2) is 4.98 Å². The molecule has 0 saturated carbocycles. The highest BCUT2D eigenvalue weighted by Crippen LogP contribution is 2.32. The molecule has 0 aliphatic heterocycles. The zero-order valence-corrected chi connectivity index (χ0v) is 12.8. The lowest BCUT2D eigenvalue weighted by Crippen LogP contribution is -1.96. The number of rotatable bonds is 3. The predicted octanol–water partition coefficient (Wildman–Crippen LogP) is 5.65. The monoisotopic (exact) mass is 313 g/mol. The van der Waals surface area contributed by atoms with Crippen molar-refractivity contribution < 1.29 is 0 Å². The average molecular weight is 314 g/mol. The molecule has 0 spiro atoms. The highest BCUT2D eigenvalue weighted by molar-refractivity contribution is 6.33. The van der Waals surface area contributed by atoms with E-state index in [0.29, 0.717) is 10.3 Å². The second-order valence-electron chi connectivity index (χ2n) is 4.79. The fourth-order valence-corrected chi connectivity index (χ4v) is 2.85. The molecule has 0 radical (unpaired) electrons. The van der Waals surface area contributed by atoms with E-state index in [0.717, 1.165) is 23.1 Å². The highest BCUT2D eigenvalue weighted by Gasteiger charge is 2.13. The fourth-order valence-electron chi connectivity index (χ4n) is 2.35. The number of hydrogen-bond acceptors (Lipinski definition) is 1. The van der Waals surface area contributed by atoms with Gasteiger partial charge in [-0.1, -0.05) is 83.9 Å². The maximum Gasteiger partial charge on any atom is 0.134 e. The second-order valence-corrected chi connectivity index (χ2v) is 5.54. The van der Waals surface area contributed by atoms with Gasteiger partial charge in [-0.05, 0) is 22.8 Å². The summed E-state index contributed by atoms with van der Waals surface area (Å²) in [6.45, 7) is 0.